The molecule has 5 rings (SSSR count). The van der Waals surface area contributed by atoms with E-state index in [4.69, 9.17) is 4.74 Å². The molecule has 2 aliphatic rings. The van der Waals surface area contributed by atoms with Crippen LogP contribution in [0.4, 0.5) is 10.5 Å². The highest BCUT2D eigenvalue weighted by molar-refractivity contribution is 5.85. The lowest BCUT2D eigenvalue weighted by molar-refractivity contribution is -0.137. The fourth-order valence-electron chi connectivity index (χ4n) is 4.53. The first-order valence-electron chi connectivity index (χ1n) is 12.2. The highest BCUT2D eigenvalue weighted by Crippen LogP contribution is 2.33. The first-order valence-corrected chi connectivity index (χ1v) is 12.2. The lowest BCUT2D eigenvalue weighted by Gasteiger charge is -2.38. The SMILES string of the molecule is CC(C)OC(=O)Nc1cccc(-n2ncc3c(=O)n(CC4(O)CCN(C(=O)C5CC5)CC4)cnc32)c1. The zero-order chi connectivity index (χ0) is 25.4. The van der Waals surface area contributed by atoms with Crippen LogP contribution < -0.4 is 10.9 Å². The molecule has 2 amide bonds. The molecule has 0 radical (unpaired) electrons. The Labute approximate surface area is 207 Å². The summed E-state index contributed by atoms with van der Waals surface area (Å²) in [4.78, 5) is 43.7. The third-order valence-corrected chi connectivity index (χ3v) is 6.63. The quantitative estimate of drug-likeness (QED) is 0.537. The zero-order valence-electron chi connectivity index (χ0n) is 20.4. The monoisotopic (exact) mass is 494 g/mol. The average Bonchev–Trinajstić information content (AvgIpc) is 3.59. The predicted molar refractivity (Wildman–Crippen MR) is 132 cm³/mol. The van der Waals surface area contributed by atoms with Gasteiger partial charge in [0.15, 0.2) is 5.65 Å². The number of hydrogen-bond acceptors (Lipinski definition) is 7. The molecule has 2 fully saturated rings. The number of fused-ring (bicyclic) bond motifs is 1. The van der Waals surface area contributed by atoms with Gasteiger partial charge in [-0.15, -0.1) is 0 Å². The number of aliphatic hydroxyl groups is 1. The smallest absolute Gasteiger partial charge is 0.411 e. The zero-order valence-corrected chi connectivity index (χ0v) is 20.4. The average molecular weight is 495 g/mol. The summed E-state index contributed by atoms with van der Waals surface area (Å²) in [6.45, 7) is 4.61. The Morgan fingerprint density at radius 2 is 2.00 bits per heavy atom. The molecule has 0 unspecified atom stereocenters. The molecule has 2 aromatic heterocycles. The molecule has 1 aliphatic heterocycles. The Bertz CT molecular complexity index is 1350. The lowest BCUT2D eigenvalue weighted by Crippen LogP contribution is -2.50. The van der Waals surface area contributed by atoms with E-state index in [1.54, 1.807) is 38.1 Å². The van der Waals surface area contributed by atoms with Crippen LogP contribution in [-0.4, -0.2) is 66.1 Å². The number of piperidine rings is 1. The maximum Gasteiger partial charge on any atom is 0.411 e. The molecule has 1 saturated carbocycles. The first-order chi connectivity index (χ1) is 17.2. The number of nitrogens with zero attached hydrogens (tertiary/aromatic N) is 5. The first kappa shape index (κ1) is 24.0. The van der Waals surface area contributed by atoms with Gasteiger partial charge in [-0.2, -0.15) is 5.10 Å². The van der Waals surface area contributed by atoms with Gasteiger partial charge in [0.05, 0.1) is 30.1 Å². The van der Waals surface area contributed by atoms with Crippen LogP contribution >= 0.6 is 0 Å². The standard InChI is InChI=1S/C25H30N6O5/c1-16(2)36-24(34)28-18-4-3-5-19(12-18)31-21-20(13-27-31)23(33)30(15-26-21)14-25(35)8-10-29(11-9-25)22(32)17-6-7-17/h3-5,12-13,15-17,35H,6-11,14H2,1-2H3,(H,28,34). The molecule has 1 aliphatic carbocycles. The maximum atomic E-state index is 13.2. The molecule has 1 aromatic carbocycles. The fourth-order valence-corrected chi connectivity index (χ4v) is 4.53. The molecule has 36 heavy (non-hydrogen) atoms. The van der Waals surface area contributed by atoms with Crippen molar-refractivity contribution < 1.29 is 19.4 Å². The van der Waals surface area contributed by atoms with E-state index in [9.17, 15) is 19.5 Å². The van der Waals surface area contributed by atoms with E-state index in [0.717, 1.165) is 12.8 Å². The van der Waals surface area contributed by atoms with Crippen molar-refractivity contribution in [3.8, 4) is 5.69 Å². The number of anilines is 1. The lowest BCUT2D eigenvalue weighted by atomic mass is 9.91. The van der Waals surface area contributed by atoms with Crippen LogP contribution in [0.3, 0.4) is 0 Å². The molecule has 0 atom stereocenters. The number of hydrogen-bond donors (Lipinski definition) is 2. The largest absolute Gasteiger partial charge is 0.447 e. The van der Waals surface area contributed by atoms with Gasteiger partial charge in [-0.3, -0.25) is 19.5 Å². The van der Waals surface area contributed by atoms with E-state index in [-0.39, 0.29) is 30.0 Å². The van der Waals surface area contributed by atoms with E-state index >= 15 is 0 Å². The van der Waals surface area contributed by atoms with E-state index < -0.39 is 11.7 Å². The van der Waals surface area contributed by atoms with Gasteiger partial charge in [-0.25, -0.2) is 14.5 Å². The third kappa shape index (κ3) is 4.97. The molecule has 1 saturated heterocycles. The number of aromatic nitrogens is 4. The highest BCUT2D eigenvalue weighted by atomic mass is 16.6. The summed E-state index contributed by atoms with van der Waals surface area (Å²) in [7, 11) is 0. The minimum absolute atomic E-state index is 0.1000. The summed E-state index contributed by atoms with van der Waals surface area (Å²) in [5, 5.41) is 18.5. The fraction of sp³-hybridized carbons (Fsp3) is 0.480. The van der Waals surface area contributed by atoms with E-state index in [1.807, 2.05) is 4.90 Å². The van der Waals surface area contributed by atoms with Crippen LogP contribution in [0, 0.1) is 5.92 Å². The Morgan fingerprint density at radius 1 is 1.25 bits per heavy atom. The van der Waals surface area contributed by atoms with E-state index in [2.05, 4.69) is 15.4 Å². The molecular weight excluding hydrogens is 464 g/mol. The van der Waals surface area contributed by atoms with Crippen molar-refractivity contribution in [1.29, 1.82) is 0 Å². The van der Waals surface area contributed by atoms with E-state index in [0.29, 0.717) is 48.3 Å². The maximum absolute atomic E-state index is 13.2. The van der Waals surface area contributed by atoms with Crippen molar-refractivity contribution in [2.45, 2.75) is 57.8 Å². The molecule has 11 nitrogen and oxygen atoms in total. The van der Waals surface area contributed by atoms with Gasteiger partial charge in [-0.05, 0) is 57.7 Å². The molecule has 3 heterocycles. The molecule has 3 aromatic rings. The van der Waals surface area contributed by atoms with Crippen molar-refractivity contribution >= 4 is 28.7 Å². The Hall–Kier alpha value is -3.73. The minimum Gasteiger partial charge on any atom is -0.447 e. The summed E-state index contributed by atoms with van der Waals surface area (Å²) >= 11 is 0. The van der Waals surface area contributed by atoms with Crippen LogP contribution in [0.5, 0.6) is 0 Å². The van der Waals surface area contributed by atoms with Crippen LogP contribution in [0.25, 0.3) is 16.7 Å². The van der Waals surface area contributed by atoms with Crippen LogP contribution in [0.15, 0.2) is 41.6 Å². The molecule has 190 valence electrons. The van der Waals surface area contributed by atoms with Crippen molar-refractivity contribution in [2.75, 3.05) is 18.4 Å². The second-order valence-corrected chi connectivity index (χ2v) is 9.92. The van der Waals surface area contributed by atoms with Gasteiger partial charge in [0.1, 0.15) is 11.7 Å². The molecule has 0 spiro atoms. The Morgan fingerprint density at radius 3 is 2.69 bits per heavy atom. The van der Waals surface area contributed by atoms with Gasteiger partial charge in [0.2, 0.25) is 5.91 Å². The number of ether oxygens (including phenoxy) is 1. The molecule has 0 bridgehead atoms. The Kier molecular flexibility index (Phi) is 6.25. The highest BCUT2D eigenvalue weighted by Gasteiger charge is 2.39. The summed E-state index contributed by atoms with van der Waals surface area (Å²) in [6.07, 6.45) is 4.81. The van der Waals surface area contributed by atoms with Gasteiger partial charge < -0.3 is 14.7 Å². The minimum atomic E-state index is -1.08. The number of carbonyl (C=O) groups excluding carboxylic acids is 2. The van der Waals surface area contributed by atoms with Crippen molar-refractivity contribution in [3.63, 3.8) is 0 Å². The number of likely N-dealkylation sites (tertiary alicyclic amines) is 1. The van der Waals surface area contributed by atoms with Gasteiger partial charge in [-0.1, -0.05) is 6.07 Å². The van der Waals surface area contributed by atoms with Gasteiger partial charge in [0, 0.05) is 24.7 Å². The summed E-state index contributed by atoms with van der Waals surface area (Å²) in [6, 6.07) is 6.98. The number of rotatable bonds is 6. The topological polar surface area (TPSA) is 132 Å². The van der Waals surface area contributed by atoms with Crippen molar-refractivity contribution in [1.82, 2.24) is 24.2 Å². The Balaban J connectivity index is 1.33. The van der Waals surface area contributed by atoms with Crippen molar-refractivity contribution in [3.05, 3.63) is 47.1 Å². The van der Waals surface area contributed by atoms with Crippen LogP contribution in [-0.2, 0) is 16.1 Å². The summed E-state index contributed by atoms with van der Waals surface area (Å²) < 4.78 is 8.05. The van der Waals surface area contributed by atoms with E-state index in [1.165, 1.54) is 21.8 Å². The van der Waals surface area contributed by atoms with Crippen LogP contribution in [0.2, 0.25) is 0 Å². The number of nitrogens with one attached hydrogen (secondary N) is 1. The van der Waals surface area contributed by atoms with Gasteiger partial charge >= 0.3 is 6.09 Å². The van der Waals surface area contributed by atoms with Gasteiger partial charge in [0.25, 0.3) is 5.56 Å². The second kappa shape index (κ2) is 9.38. The normalized spacial score (nSPS) is 17.4. The number of benzene rings is 1. The molecule has 11 heteroatoms. The molecule has 2 N–H and O–H groups in total. The number of amides is 2. The van der Waals surface area contributed by atoms with Crippen LogP contribution in [0.1, 0.15) is 39.5 Å². The third-order valence-electron chi connectivity index (χ3n) is 6.63. The summed E-state index contributed by atoms with van der Waals surface area (Å²) in [5.41, 5.74) is 0.119. The molecular formula is C25H30N6O5. The second-order valence-electron chi connectivity index (χ2n) is 9.92. The number of carbonyl (C=O) groups is 2. The predicted octanol–water partition coefficient (Wildman–Crippen LogP) is 2.30. The summed E-state index contributed by atoms with van der Waals surface area (Å²) in [5.74, 6) is 0.341. The van der Waals surface area contributed by atoms with Crippen molar-refractivity contribution in [2.24, 2.45) is 5.92 Å².